The van der Waals surface area contributed by atoms with Crippen molar-refractivity contribution in [1.29, 1.82) is 0 Å². The largest absolute Gasteiger partial charge is 0.474 e. The average molecular weight is 509 g/mol. The third-order valence-electron chi connectivity index (χ3n) is 7.82. The van der Waals surface area contributed by atoms with Crippen LogP contribution in [0.5, 0.6) is 5.88 Å². The van der Waals surface area contributed by atoms with Crippen LogP contribution in [0, 0.1) is 5.92 Å². The molecule has 1 saturated heterocycles. The number of hydrogen-bond acceptors (Lipinski definition) is 7. The van der Waals surface area contributed by atoms with Crippen LogP contribution in [0.2, 0.25) is 0 Å². The summed E-state index contributed by atoms with van der Waals surface area (Å²) in [5.41, 5.74) is 1.69. The number of aliphatic hydroxyl groups excluding tert-OH is 1. The fourth-order valence-electron chi connectivity index (χ4n) is 5.74. The lowest BCUT2D eigenvalue weighted by Gasteiger charge is -2.43. The molecular formula is C26H35F3N4O3. The first-order valence-electron chi connectivity index (χ1n) is 13.1. The number of nitrogens with zero attached hydrogens (tertiary/aromatic N) is 4. The van der Waals surface area contributed by atoms with Gasteiger partial charge in [-0.2, -0.15) is 13.2 Å². The highest BCUT2D eigenvalue weighted by Crippen LogP contribution is 2.39. The Hall–Kier alpha value is -2.04. The number of aromatic nitrogens is 3. The maximum Gasteiger partial charge on any atom is 0.389 e. The molecule has 198 valence electrons. The number of pyridine rings is 1. The van der Waals surface area contributed by atoms with Crippen molar-refractivity contribution in [2.45, 2.75) is 88.6 Å². The van der Waals surface area contributed by atoms with E-state index in [4.69, 9.17) is 14.5 Å². The summed E-state index contributed by atoms with van der Waals surface area (Å²) in [6.07, 6.45) is 3.29. The molecule has 0 unspecified atom stereocenters. The Bertz CT molecular complexity index is 1030. The quantitative estimate of drug-likeness (QED) is 0.593. The lowest BCUT2D eigenvalue weighted by molar-refractivity contribution is -0.143. The van der Waals surface area contributed by atoms with Gasteiger partial charge in [0, 0.05) is 62.8 Å². The van der Waals surface area contributed by atoms with Gasteiger partial charge in [0.1, 0.15) is 11.9 Å². The normalized spacial score (nSPS) is 28.6. The molecule has 1 N–H and O–H groups in total. The number of hydrogen-bond donors (Lipinski definition) is 1. The van der Waals surface area contributed by atoms with Gasteiger partial charge in [-0.1, -0.05) is 6.92 Å². The van der Waals surface area contributed by atoms with Crippen molar-refractivity contribution in [1.82, 2.24) is 19.9 Å². The Labute approximate surface area is 209 Å². The standard InChI is InChI=1S/C26H35F3N4O3/c1-16(13-26(27,28)29)10-23-30-15-22-24(32-23)21(17-2-4-19(34)5-3-17)14-31-25(22)36-20-11-18(12-20)33-6-8-35-9-7-33/h14-20,34H,2-13H2,1H3/t16-,17?,18?,19?,20?/m1/s1. The van der Waals surface area contributed by atoms with Gasteiger partial charge >= 0.3 is 6.18 Å². The highest BCUT2D eigenvalue weighted by atomic mass is 19.4. The van der Waals surface area contributed by atoms with Gasteiger partial charge in [-0.05, 0) is 37.5 Å². The van der Waals surface area contributed by atoms with Gasteiger partial charge in [-0.15, -0.1) is 0 Å². The van der Waals surface area contributed by atoms with Crippen LogP contribution < -0.4 is 4.74 Å². The Morgan fingerprint density at radius 1 is 1.11 bits per heavy atom. The summed E-state index contributed by atoms with van der Waals surface area (Å²) < 4.78 is 50.3. The zero-order valence-electron chi connectivity index (χ0n) is 20.7. The zero-order valence-corrected chi connectivity index (χ0v) is 20.7. The van der Waals surface area contributed by atoms with E-state index in [0.29, 0.717) is 23.1 Å². The number of morpholine rings is 1. The minimum atomic E-state index is -4.21. The summed E-state index contributed by atoms with van der Waals surface area (Å²) >= 11 is 0. The van der Waals surface area contributed by atoms with Crippen molar-refractivity contribution in [3.8, 4) is 5.88 Å². The van der Waals surface area contributed by atoms with Gasteiger partial charge < -0.3 is 14.6 Å². The second kappa shape index (κ2) is 10.8. The van der Waals surface area contributed by atoms with Crippen LogP contribution in [0.15, 0.2) is 12.4 Å². The highest BCUT2D eigenvalue weighted by molar-refractivity contribution is 5.85. The smallest absolute Gasteiger partial charge is 0.389 e. The summed E-state index contributed by atoms with van der Waals surface area (Å²) in [6, 6.07) is 0.496. The van der Waals surface area contributed by atoms with E-state index in [1.165, 1.54) is 0 Å². The van der Waals surface area contributed by atoms with Crippen LogP contribution in [0.4, 0.5) is 13.2 Å². The second-order valence-corrected chi connectivity index (χ2v) is 10.7. The van der Waals surface area contributed by atoms with Crippen LogP contribution in [0.3, 0.4) is 0 Å². The van der Waals surface area contributed by atoms with Gasteiger partial charge in [0.2, 0.25) is 5.88 Å². The number of alkyl halides is 3. The molecule has 3 fully saturated rings. The molecule has 10 heteroatoms. The predicted octanol–water partition coefficient (Wildman–Crippen LogP) is 4.42. The molecule has 7 nitrogen and oxygen atoms in total. The number of ether oxygens (including phenoxy) is 2. The van der Waals surface area contributed by atoms with Gasteiger partial charge in [0.15, 0.2) is 0 Å². The van der Waals surface area contributed by atoms with E-state index in [1.54, 1.807) is 13.1 Å². The van der Waals surface area contributed by atoms with Crippen molar-refractivity contribution in [3.05, 3.63) is 23.8 Å². The van der Waals surface area contributed by atoms with Gasteiger partial charge in [0.25, 0.3) is 0 Å². The van der Waals surface area contributed by atoms with Crippen LogP contribution in [-0.4, -0.2) is 75.7 Å². The van der Waals surface area contributed by atoms with E-state index in [2.05, 4.69) is 14.9 Å². The summed E-state index contributed by atoms with van der Waals surface area (Å²) in [4.78, 5) is 16.3. The van der Waals surface area contributed by atoms with E-state index in [0.717, 1.165) is 75.9 Å². The topological polar surface area (TPSA) is 80.6 Å². The summed E-state index contributed by atoms with van der Waals surface area (Å²) in [6.45, 7) is 5.02. The van der Waals surface area contributed by atoms with Crippen molar-refractivity contribution in [3.63, 3.8) is 0 Å². The molecule has 2 saturated carbocycles. The Morgan fingerprint density at radius 3 is 2.53 bits per heavy atom. The maximum atomic E-state index is 12.9. The summed E-state index contributed by atoms with van der Waals surface area (Å²) in [5.74, 6) is 0.483. The van der Waals surface area contributed by atoms with Gasteiger partial charge in [-0.3, -0.25) is 4.90 Å². The summed E-state index contributed by atoms with van der Waals surface area (Å²) in [7, 11) is 0. The first kappa shape index (κ1) is 25.6. The van der Waals surface area contributed by atoms with Crippen LogP contribution >= 0.6 is 0 Å². The Balaban J connectivity index is 1.36. The molecule has 3 aliphatic rings. The monoisotopic (exact) mass is 508 g/mol. The fourth-order valence-corrected chi connectivity index (χ4v) is 5.74. The molecule has 2 aromatic rings. The zero-order chi connectivity index (χ0) is 25.3. The third-order valence-corrected chi connectivity index (χ3v) is 7.82. The predicted molar refractivity (Wildman–Crippen MR) is 128 cm³/mol. The van der Waals surface area contributed by atoms with Crippen molar-refractivity contribution in [2.24, 2.45) is 5.92 Å². The first-order valence-corrected chi connectivity index (χ1v) is 13.1. The Morgan fingerprint density at radius 2 is 1.83 bits per heavy atom. The molecule has 0 bridgehead atoms. The SMILES string of the molecule is C[C@H](Cc1ncc2c(OC3CC(N4CCOCC4)C3)ncc(C3CCC(O)CC3)c2n1)CC(F)(F)F. The molecule has 0 spiro atoms. The molecule has 0 amide bonds. The minimum absolute atomic E-state index is 0.0655. The lowest BCUT2D eigenvalue weighted by atomic mass is 9.82. The molecule has 5 rings (SSSR count). The molecule has 2 aliphatic carbocycles. The Kier molecular flexibility index (Phi) is 7.65. The molecule has 1 atom stereocenters. The molecular weight excluding hydrogens is 473 g/mol. The lowest BCUT2D eigenvalue weighted by Crippen LogP contribution is -2.52. The van der Waals surface area contributed by atoms with Gasteiger partial charge in [-0.25, -0.2) is 15.0 Å². The van der Waals surface area contributed by atoms with Gasteiger partial charge in [0.05, 0.1) is 30.2 Å². The first-order chi connectivity index (χ1) is 17.2. The second-order valence-electron chi connectivity index (χ2n) is 10.7. The fraction of sp³-hybridized carbons (Fsp3) is 0.731. The summed E-state index contributed by atoms with van der Waals surface area (Å²) in [5, 5.41) is 10.7. The van der Waals surface area contributed by atoms with E-state index in [1.807, 2.05) is 6.20 Å². The highest BCUT2D eigenvalue weighted by Gasteiger charge is 2.36. The molecule has 3 heterocycles. The van der Waals surface area contributed by atoms with Crippen molar-refractivity contribution < 1.29 is 27.8 Å². The third kappa shape index (κ3) is 6.08. The number of fused-ring (bicyclic) bond motifs is 1. The van der Waals surface area contributed by atoms with Crippen LogP contribution in [0.1, 0.15) is 69.2 Å². The molecule has 2 aromatic heterocycles. The van der Waals surface area contributed by atoms with Crippen molar-refractivity contribution >= 4 is 10.9 Å². The van der Waals surface area contributed by atoms with E-state index >= 15 is 0 Å². The average Bonchev–Trinajstić information content (AvgIpc) is 2.81. The minimum Gasteiger partial charge on any atom is -0.474 e. The maximum absolute atomic E-state index is 12.9. The molecule has 0 aromatic carbocycles. The molecule has 1 aliphatic heterocycles. The van der Waals surface area contributed by atoms with Crippen LogP contribution in [-0.2, 0) is 11.2 Å². The van der Waals surface area contributed by atoms with Crippen LogP contribution in [0.25, 0.3) is 10.9 Å². The number of halogens is 3. The molecule has 0 radical (unpaired) electrons. The number of rotatable bonds is 7. The van der Waals surface area contributed by atoms with E-state index < -0.39 is 18.5 Å². The molecule has 36 heavy (non-hydrogen) atoms. The number of aliphatic hydroxyl groups is 1. The van der Waals surface area contributed by atoms with Crippen molar-refractivity contribution in [2.75, 3.05) is 26.3 Å². The van der Waals surface area contributed by atoms with E-state index in [-0.39, 0.29) is 24.5 Å². The van der Waals surface area contributed by atoms with E-state index in [9.17, 15) is 18.3 Å².